The molecule has 0 aliphatic carbocycles. The van der Waals surface area contributed by atoms with Gasteiger partial charge in [-0.15, -0.1) is 0 Å². The van der Waals surface area contributed by atoms with E-state index in [2.05, 4.69) is 36.3 Å². The van der Waals surface area contributed by atoms with Crippen molar-refractivity contribution in [1.29, 1.82) is 0 Å². The first kappa shape index (κ1) is 19.8. The topological polar surface area (TPSA) is 95.2 Å². The SMILES string of the molecule is CCNC(=NCC(C)N1CCOCC1C)NC1CCN(C(N)=O)CC1. The number of aliphatic imine (C=N–C) groups is 1. The fraction of sp³-hybridized carbons (Fsp3) is 0.882. The highest BCUT2D eigenvalue weighted by Crippen LogP contribution is 2.12. The molecule has 2 saturated heterocycles. The molecule has 0 aromatic rings. The van der Waals surface area contributed by atoms with Gasteiger partial charge in [-0.3, -0.25) is 9.89 Å². The van der Waals surface area contributed by atoms with Gasteiger partial charge in [0.2, 0.25) is 0 Å². The first-order valence-electron chi connectivity index (χ1n) is 9.44. The van der Waals surface area contributed by atoms with Crippen LogP contribution in [0.25, 0.3) is 0 Å². The molecule has 0 spiro atoms. The van der Waals surface area contributed by atoms with Gasteiger partial charge in [0.25, 0.3) is 0 Å². The van der Waals surface area contributed by atoms with Crippen LogP contribution < -0.4 is 16.4 Å². The molecule has 144 valence electrons. The average Bonchev–Trinajstić information content (AvgIpc) is 2.60. The average molecular weight is 354 g/mol. The molecule has 2 fully saturated rings. The van der Waals surface area contributed by atoms with Crippen molar-refractivity contribution in [2.24, 2.45) is 10.7 Å². The Morgan fingerprint density at radius 2 is 2.08 bits per heavy atom. The van der Waals surface area contributed by atoms with Crippen LogP contribution in [0.15, 0.2) is 4.99 Å². The highest BCUT2D eigenvalue weighted by atomic mass is 16.5. The van der Waals surface area contributed by atoms with Gasteiger partial charge < -0.3 is 26.0 Å². The number of morpholine rings is 1. The fourth-order valence-corrected chi connectivity index (χ4v) is 3.48. The van der Waals surface area contributed by atoms with E-state index in [1.807, 2.05) is 0 Å². The van der Waals surface area contributed by atoms with Gasteiger partial charge in [0, 0.05) is 44.3 Å². The minimum Gasteiger partial charge on any atom is -0.379 e. The molecule has 2 atom stereocenters. The van der Waals surface area contributed by atoms with Crippen molar-refractivity contribution in [3.8, 4) is 0 Å². The molecule has 2 aliphatic rings. The Hall–Kier alpha value is -1.54. The van der Waals surface area contributed by atoms with Crippen LogP contribution in [0.1, 0.15) is 33.6 Å². The highest BCUT2D eigenvalue weighted by Gasteiger charge is 2.24. The second kappa shape index (κ2) is 9.82. The maximum Gasteiger partial charge on any atom is 0.314 e. The third-order valence-corrected chi connectivity index (χ3v) is 4.99. The number of ether oxygens (including phenoxy) is 1. The van der Waals surface area contributed by atoms with Crippen LogP contribution >= 0.6 is 0 Å². The standard InChI is InChI=1S/C17H34N6O2/c1-4-19-17(21-15-5-7-22(8-6-15)16(18)24)20-11-13(2)23-9-10-25-12-14(23)3/h13-15H,4-12H2,1-3H3,(H2,18,24)(H2,19,20,21). The van der Waals surface area contributed by atoms with Gasteiger partial charge in [0.05, 0.1) is 19.8 Å². The summed E-state index contributed by atoms with van der Waals surface area (Å²) in [5.74, 6) is 0.854. The molecule has 0 radical (unpaired) electrons. The lowest BCUT2D eigenvalue weighted by atomic mass is 10.1. The number of guanidine groups is 1. The maximum atomic E-state index is 11.2. The van der Waals surface area contributed by atoms with Crippen molar-refractivity contribution in [3.63, 3.8) is 0 Å². The van der Waals surface area contributed by atoms with Crippen LogP contribution in [0.4, 0.5) is 4.79 Å². The molecule has 2 amide bonds. The molecule has 0 aromatic carbocycles. The predicted molar refractivity (Wildman–Crippen MR) is 99.7 cm³/mol. The quantitative estimate of drug-likeness (QED) is 0.484. The third-order valence-electron chi connectivity index (χ3n) is 4.99. The summed E-state index contributed by atoms with van der Waals surface area (Å²) in [7, 11) is 0. The van der Waals surface area contributed by atoms with Crippen LogP contribution in [-0.4, -0.2) is 85.9 Å². The molecule has 8 nitrogen and oxygen atoms in total. The Balaban J connectivity index is 1.84. The predicted octanol–water partition coefficient (Wildman–Crippen LogP) is 0.194. The lowest BCUT2D eigenvalue weighted by Gasteiger charge is -2.37. The number of amides is 2. The van der Waals surface area contributed by atoms with Gasteiger partial charge in [0.15, 0.2) is 5.96 Å². The normalized spacial score (nSPS) is 24.8. The summed E-state index contributed by atoms with van der Waals surface area (Å²) in [6.07, 6.45) is 1.78. The monoisotopic (exact) mass is 354 g/mol. The number of primary amides is 1. The number of nitrogens with zero attached hydrogens (tertiary/aromatic N) is 3. The smallest absolute Gasteiger partial charge is 0.314 e. The number of piperidine rings is 1. The molecule has 0 aromatic heterocycles. The molecule has 2 rings (SSSR count). The Kier molecular flexibility index (Phi) is 7.77. The number of rotatable bonds is 5. The van der Waals surface area contributed by atoms with E-state index in [1.165, 1.54) is 0 Å². The molecule has 4 N–H and O–H groups in total. The van der Waals surface area contributed by atoms with Gasteiger partial charge in [-0.2, -0.15) is 0 Å². The van der Waals surface area contributed by atoms with Gasteiger partial charge in [-0.25, -0.2) is 4.79 Å². The van der Waals surface area contributed by atoms with Crippen molar-refractivity contribution >= 4 is 12.0 Å². The van der Waals surface area contributed by atoms with E-state index in [-0.39, 0.29) is 6.03 Å². The Morgan fingerprint density at radius 3 is 2.68 bits per heavy atom. The number of urea groups is 1. The Bertz CT molecular complexity index is 450. The summed E-state index contributed by atoms with van der Waals surface area (Å²) < 4.78 is 5.51. The molecule has 2 unspecified atom stereocenters. The first-order valence-corrected chi connectivity index (χ1v) is 9.44. The molecule has 0 bridgehead atoms. The lowest BCUT2D eigenvalue weighted by Crippen LogP contribution is -2.51. The summed E-state index contributed by atoms with van der Waals surface area (Å²) >= 11 is 0. The van der Waals surface area contributed by atoms with E-state index in [4.69, 9.17) is 15.5 Å². The van der Waals surface area contributed by atoms with Crippen LogP contribution in [0, 0.1) is 0 Å². The summed E-state index contributed by atoms with van der Waals surface area (Å²) in [5, 5.41) is 6.83. The number of nitrogens with two attached hydrogens (primary N) is 1. The molecular weight excluding hydrogens is 320 g/mol. The zero-order valence-corrected chi connectivity index (χ0v) is 15.8. The fourth-order valence-electron chi connectivity index (χ4n) is 3.48. The Labute approximate surface area is 151 Å². The van der Waals surface area contributed by atoms with Crippen molar-refractivity contribution in [1.82, 2.24) is 20.4 Å². The number of hydrogen-bond donors (Lipinski definition) is 3. The molecule has 8 heteroatoms. The summed E-state index contributed by atoms with van der Waals surface area (Å²) in [5.41, 5.74) is 5.34. The first-order chi connectivity index (χ1) is 12.0. The molecule has 2 aliphatic heterocycles. The Morgan fingerprint density at radius 1 is 1.36 bits per heavy atom. The van der Waals surface area contributed by atoms with E-state index in [0.29, 0.717) is 31.2 Å². The lowest BCUT2D eigenvalue weighted by molar-refractivity contribution is -0.0165. The van der Waals surface area contributed by atoms with Crippen LogP contribution in [0.3, 0.4) is 0 Å². The second-order valence-electron chi connectivity index (χ2n) is 6.97. The van der Waals surface area contributed by atoms with Gasteiger partial charge in [0.1, 0.15) is 0 Å². The van der Waals surface area contributed by atoms with E-state index in [9.17, 15) is 4.79 Å². The molecule has 25 heavy (non-hydrogen) atoms. The maximum absolute atomic E-state index is 11.2. The van der Waals surface area contributed by atoms with Crippen molar-refractivity contribution in [2.75, 3.05) is 45.9 Å². The number of likely N-dealkylation sites (tertiary alicyclic amines) is 1. The number of nitrogens with one attached hydrogen (secondary N) is 2. The molecular formula is C17H34N6O2. The van der Waals surface area contributed by atoms with Gasteiger partial charge in [-0.1, -0.05) is 0 Å². The zero-order valence-electron chi connectivity index (χ0n) is 15.8. The van der Waals surface area contributed by atoms with Crippen molar-refractivity contribution in [3.05, 3.63) is 0 Å². The molecule has 2 heterocycles. The van der Waals surface area contributed by atoms with E-state index < -0.39 is 0 Å². The van der Waals surface area contributed by atoms with Gasteiger partial charge in [-0.05, 0) is 33.6 Å². The minimum atomic E-state index is -0.326. The van der Waals surface area contributed by atoms with E-state index in [1.54, 1.807) is 4.90 Å². The summed E-state index contributed by atoms with van der Waals surface area (Å²) in [4.78, 5) is 20.2. The highest BCUT2D eigenvalue weighted by molar-refractivity contribution is 5.80. The number of hydrogen-bond acceptors (Lipinski definition) is 4. The second-order valence-corrected chi connectivity index (χ2v) is 6.97. The van der Waals surface area contributed by atoms with E-state index in [0.717, 1.165) is 51.6 Å². The van der Waals surface area contributed by atoms with Gasteiger partial charge >= 0.3 is 6.03 Å². The van der Waals surface area contributed by atoms with Crippen LogP contribution in [0.5, 0.6) is 0 Å². The van der Waals surface area contributed by atoms with Crippen LogP contribution in [-0.2, 0) is 4.74 Å². The van der Waals surface area contributed by atoms with Crippen LogP contribution in [0.2, 0.25) is 0 Å². The number of carbonyl (C=O) groups is 1. The zero-order chi connectivity index (χ0) is 18.2. The number of carbonyl (C=O) groups excluding carboxylic acids is 1. The van der Waals surface area contributed by atoms with Crippen molar-refractivity contribution < 1.29 is 9.53 Å². The largest absolute Gasteiger partial charge is 0.379 e. The molecule has 0 saturated carbocycles. The summed E-state index contributed by atoms with van der Waals surface area (Å²) in [6.45, 7) is 12.0. The van der Waals surface area contributed by atoms with E-state index >= 15 is 0 Å². The van der Waals surface area contributed by atoms with Crippen molar-refractivity contribution in [2.45, 2.75) is 51.7 Å². The summed E-state index contributed by atoms with van der Waals surface area (Å²) in [6, 6.07) is 0.817. The minimum absolute atomic E-state index is 0.325. The third kappa shape index (κ3) is 6.04.